The average molecular weight is 381 g/mol. The molecule has 2 aromatic rings. The van der Waals surface area contributed by atoms with Crippen molar-refractivity contribution in [2.24, 2.45) is 0 Å². The van der Waals surface area contributed by atoms with Crippen LogP contribution in [0.4, 0.5) is 4.39 Å². The number of pyridine rings is 1. The van der Waals surface area contributed by atoms with Gasteiger partial charge in [0.05, 0.1) is 12.3 Å². The van der Waals surface area contributed by atoms with Crippen LogP contribution < -0.4 is 5.32 Å². The summed E-state index contributed by atoms with van der Waals surface area (Å²) in [5.41, 5.74) is -1.14. The Morgan fingerprint density at radius 3 is 2.84 bits per heavy atom. The second kappa shape index (κ2) is 5.94. The zero-order chi connectivity index (χ0) is 17.7. The van der Waals surface area contributed by atoms with Gasteiger partial charge in [-0.25, -0.2) is 4.39 Å². The summed E-state index contributed by atoms with van der Waals surface area (Å²) in [6.45, 7) is 0.646. The molecule has 1 spiro atoms. The van der Waals surface area contributed by atoms with Crippen LogP contribution in [0.2, 0.25) is 10.0 Å². The van der Waals surface area contributed by atoms with E-state index in [2.05, 4.69) is 10.3 Å². The van der Waals surface area contributed by atoms with Gasteiger partial charge >= 0.3 is 0 Å². The van der Waals surface area contributed by atoms with E-state index in [-0.39, 0.29) is 13.0 Å². The molecule has 1 fully saturated rings. The number of carbonyl (C=O) groups excluding carboxylic acids is 1. The van der Waals surface area contributed by atoms with E-state index >= 15 is 4.39 Å². The number of carbonyl (C=O) groups is 1. The highest BCUT2D eigenvalue weighted by Crippen LogP contribution is 2.53. The predicted molar refractivity (Wildman–Crippen MR) is 92.2 cm³/mol. The lowest BCUT2D eigenvalue weighted by Crippen LogP contribution is -2.45. The molecule has 0 bridgehead atoms. The minimum atomic E-state index is -2.13. The van der Waals surface area contributed by atoms with Gasteiger partial charge in [0.2, 0.25) is 5.67 Å². The van der Waals surface area contributed by atoms with Gasteiger partial charge < -0.3 is 10.1 Å². The molecule has 130 valence electrons. The Labute approximate surface area is 154 Å². The van der Waals surface area contributed by atoms with E-state index in [1.807, 2.05) is 0 Å². The van der Waals surface area contributed by atoms with E-state index in [1.54, 1.807) is 36.5 Å². The van der Waals surface area contributed by atoms with Crippen LogP contribution in [-0.2, 0) is 27.3 Å². The molecule has 0 radical (unpaired) electrons. The first-order chi connectivity index (χ1) is 11.9. The van der Waals surface area contributed by atoms with Gasteiger partial charge in [0.25, 0.3) is 5.91 Å². The summed E-state index contributed by atoms with van der Waals surface area (Å²) in [4.78, 5) is 16.9. The topological polar surface area (TPSA) is 54.5 Å². The third-order valence-corrected chi connectivity index (χ3v) is 5.43. The molecule has 25 heavy (non-hydrogen) atoms. The van der Waals surface area contributed by atoms with Crippen molar-refractivity contribution in [1.82, 2.24) is 10.3 Å². The Morgan fingerprint density at radius 2 is 2.12 bits per heavy atom. The smallest absolute Gasteiger partial charge is 0.262 e. The number of hydrogen-bond donors (Lipinski definition) is 1. The quantitative estimate of drug-likeness (QED) is 0.821. The van der Waals surface area contributed by atoms with Crippen molar-refractivity contribution in [2.75, 3.05) is 6.61 Å². The van der Waals surface area contributed by atoms with E-state index in [1.165, 1.54) is 0 Å². The number of hydrogen-bond acceptors (Lipinski definition) is 3. The second-order valence-corrected chi connectivity index (χ2v) is 7.25. The normalized spacial score (nSPS) is 27.0. The largest absolute Gasteiger partial charge is 0.363 e. The molecule has 1 saturated heterocycles. The number of alkyl halides is 1. The Bertz CT molecular complexity index is 857. The second-order valence-electron chi connectivity index (χ2n) is 6.40. The summed E-state index contributed by atoms with van der Waals surface area (Å²) in [6, 6.07) is 8.22. The van der Waals surface area contributed by atoms with Crippen molar-refractivity contribution in [1.29, 1.82) is 0 Å². The van der Waals surface area contributed by atoms with Crippen molar-refractivity contribution < 1.29 is 13.9 Å². The summed E-state index contributed by atoms with van der Waals surface area (Å²) in [5.74, 6) is -0.691. The molecule has 1 N–H and O–H groups in total. The highest BCUT2D eigenvalue weighted by atomic mass is 35.5. The molecule has 1 aliphatic heterocycles. The third kappa shape index (κ3) is 2.80. The number of epoxide rings is 1. The predicted octanol–water partition coefficient (Wildman–Crippen LogP) is 3.89. The number of halogens is 3. The van der Waals surface area contributed by atoms with Crippen LogP contribution in [0.1, 0.15) is 29.7 Å². The number of nitrogens with zero attached hydrogens (tertiary/aromatic N) is 1. The van der Waals surface area contributed by atoms with Gasteiger partial charge in [0, 0.05) is 28.4 Å². The Morgan fingerprint density at radius 1 is 1.32 bits per heavy atom. The third-order valence-electron chi connectivity index (χ3n) is 4.85. The first kappa shape index (κ1) is 16.8. The SMILES string of the molecule is O=C(NCc1ccc(Cl)cc1Cl)[C@]1(F)CC[C@@]2(CO2)c2ncccc21. The molecule has 1 amide bonds. The molecule has 0 saturated carbocycles. The van der Waals surface area contributed by atoms with E-state index in [4.69, 9.17) is 27.9 Å². The van der Waals surface area contributed by atoms with Crippen LogP contribution in [-0.4, -0.2) is 17.5 Å². The maximum Gasteiger partial charge on any atom is 0.262 e. The molecule has 2 heterocycles. The molecule has 7 heteroatoms. The maximum absolute atomic E-state index is 15.6. The van der Waals surface area contributed by atoms with Gasteiger partial charge in [-0.15, -0.1) is 0 Å². The Balaban J connectivity index is 1.57. The highest BCUT2D eigenvalue weighted by molar-refractivity contribution is 6.35. The van der Waals surface area contributed by atoms with E-state index in [9.17, 15) is 4.79 Å². The van der Waals surface area contributed by atoms with Crippen LogP contribution in [0.3, 0.4) is 0 Å². The van der Waals surface area contributed by atoms with E-state index in [0.717, 1.165) is 0 Å². The fourth-order valence-corrected chi connectivity index (χ4v) is 3.78. The molecule has 1 aromatic carbocycles. The fourth-order valence-electron chi connectivity index (χ4n) is 3.30. The Kier molecular flexibility index (Phi) is 3.98. The molecule has 2 atom stereocenters. The first-order valence-electron chi connectivity index (χ1n) is 7.96. The molecule has 1 aromatic heterocycles. The maximum atomic E-state index is 15.6. The summed E-state index contributed by atoms with van der Waals surface area (Å²) in [5, 5.41) is 3.58. The van der Waals surface area contributed by atoms with Crippen molar-refractivity contribution in [2.45, 2.75) is 30.7 Å². The van der Waals surface area contributed by atoms with Crippen LogP contribution in [0.5, 0.6) is 0 Å². The van der Waals surface area contributed by atoms with Crippen LogP contribution >= 0.6 is 23.2 Å². The van der Waals surface area contributed by atoms with Crippen molar-refractivity contribution in [3.05, 3.63) is 63.4 Å². The number of aromatic nitrogens is 1. The fraction of sp³-hybridized carbons (Fsp3) is 0.333. The summed E-state index contributed by atoms with van der Waals surface area (Å²) in [7, 11) is 0. The number of benzene rings is 1. The number of rotatable bonds is 3. The van der Waals surface area contributed by atoms with Crippen molar-refractivity contribution in [3.8, 4) is 0 Å². The molecule has 2 aliphatic rings. The van der Waals surface area contributed by atoms with Crippen LogP contribution in [0, 0.1) is 0 Å². The number of nitrogens with one attached hydrogen (secondary N) is 1. The molecule has 0 unspecified atom stereocenters. The van der Waals surface area contributed by atoms with Crippen molar-refractivity contribution in [3.63, 3.8) is 0 Å². The number of ether oxygens (including phenoxy) is 1. The molecular weight excluding hydrogens is 366 g/mol. The van der Waals surface area contributed by atoms with Gasteiger partial charge in [-0.2, -0.15) is 0 Å². The zero-order valence-corrected chi connectivity index (χ0v) is 14.7. The zero-order valence-electron chi connectivity index (χ0n) is 13.2. The van der Waals surface area contributed by atoms with Crippen LogP contribution in [0.25, 0.3) is 0 Å². The van der Waals surface area contributed by atoms with Crippen LogP contribution in [0.15, 0.2) is 36.5 Å². The number of amides is 1. The summed E-state index contributed by atoms with van der Waals surface area (Å²) < 4.78 is 21.1. The Hall–Kier alpha value is -1.69. The van der Waals surface area contributed by atoms with Gasteiger partial charge in [-0.1, -0.05) is 35.3 Å². The standard InChI is InChI=1S/C18H15Cl2FN2O2/c19-12-4-3-11(14(20)8-12)9-23-16(24)18(21)6-5-17(10-25-17)15-13(18)2-1-7-22-15/h1-4,7-8H,5-6,9-10H2,(H,23,24)/t17-,18+/m1/s1. The van der Waals surface area contributed by atoms with E-state index in [0.29, 0.717) is 39.9 Å². The van der Waals surface area contributed by atoms with Gasteiger partial charge in [0.15, 0.2) is 0 Å². The average Bonchev–Trinajstić information content (AvgIpc) is 3.39. The first-order valence-corrected chi connectivity index (χ1v) is 8.71. The molecule has 4 nitrogen and oxygen atoms in total. The van der Waals surface area contributed by atoms with Gasteiger partial charge in [0.1, 0.15) is 5.60 Å². The summed E-state index contributed by atoms with van der Waals surface area (Å²) >= 11 is 12.0. The van der Waals surface area contributed by atoms with Gasteiger partial charge in [-0.05, 0) is 36.6 Å². The van der Waals surface area contributed by atoms with E-state index < -0.39 is 17.2 Å². The minimum Gasteiger partial charge on any atom is -0.363 e. The lowest BCUT2D eigenvalue weighted by molar-refractivity contribution is -0.135. The lowest BCUT2D eigenvalue weighted by atomic mass is 9.77. The molecule has 4 rings (SSSR count). The monoisotopic (exact) mass is 380 g/mol. The summed E-state index contributed by atoms with van der Waals surface area (Å²) in [6.07, 6.45) is 2.09. The minimum absolute atomic E-state index is 0.0614. The van der Waals surface area contributed by atoms with Crippen molar-refractivity contribution >= 4 is 29.1 Å². The molecular formula is C18H15Cl2FN2O2. The highest BCUT2D eigenvalue weighted by Gasteiger charge is 2.58. The lowest BCUT2D eigenvalue weighted by Gasteiger charge is -2.33. The van der Waals surface area contributed by atoms with Gasteiger partial charge in [-0.3, -0.25) is 9.78 Å². The molecule has 1 aliphatic carbocycles. The number of fused-ring (bicyclic) bond motifs is 2.